The molecular formula is C24H23FN6O4. The molecule has 1 aliphatic carbocycles. The minimum Gasteiger partial charge on any atom is -0.477 e. The quantitative estimate of drug-likeness (QED) is 0.316. The van der Waals surface area contributed by atoms with Gasteiger partial charge in [-0.3, -0.25) is 14.6 Å². The highest BCUT2D eigenvalue weighted by Crippen LogP contribution is 2.38. The van der Waals surface area contributed by atoms with E-state index in [0.29, 0.717) is 42.9 Å². The molecule has 1 aliphatic heterocycles. The summed E-state index contributed by atoms with van der Waals surface area (Å²) >= 11 is 0. The number of amides is 1. The van der Waals surface area contributed by atoms with Crippen LogP contribution in [0.4, 0.5) is 10.1 Å². The van der Waals surface area contributed by atoms with Gasteiger partial charge >= 0.3 is 5.97 Å². The number of hydrogen-bond donors (Lipinski definition) is 2. The van der Waals surface area contributed by atoms with E-state index in [4.69, 9.17) is 0 Å². The zero-order valence-corrected chi connectivity index (χ0v) is 18.7. The normalized spacial score (nSPS) is 16.1. The molecular weight excluding hydrogens is 455 g/mol. The summed E-state index contributed by atoms with van der Waals surface area (Å²) in [4.78, 5) is 43.9. The number of carboxylic acid groups (broad SMARTS) is 1. The van der Waals surface area contributed by atoms with Gasteiger partial charge < -0.3 is 19.5 Å². The molecule has 2 fully saturated rings. The Hall–Kier alpha value is -4.28. The van der Waals surface area contributed by atoms with Crippen LogP contribution in [0.1, 0.15) is 39.6 Å². The highest BCUT2D eigenvalue weighted by molar-refractivity contribution is 5.94. The lowest BCUT2D eigenvalue weighted by molar-refractivity contribution is 0.0694. The van der Waals surface area contributed by atoms with Gasteiger partial charge in [-0.1, -0.05) is 0 Å². The van der Waals surface area contributed by atoms with Crippen molar-refractivity contribution in [2.75, 3.05) is 31.1 Å². The van der Waals surface area contributed by atoms with Crippen molar-refractivity contribution in [3.63, 3.8) is 0 Å². The number of carboxylic acids is 1. The molecule has 35 heavy (non-hydrogen) atoms. The third kappa shape index (κ3) is 4.57. The number of benzene rings is 1. The maximum atomic E-state index is 15.1. The molecule has 0 unspecified atom stereocenters. The average molecular weight is 478 g/mol. The summed E-state index contributed by atoms with van der Waals surface area (Å²) in [5.41, 5.74) is 2.82. The maximum Gasteiger partial charge on any atom is 0.341 e. The van der Waals surface area contributed by atoms with E-state index in [9.17, 15) is 19.5 Å². The Labute approximate surface area is 199 Å². The number of halogens is 1. The maximum absolute atomic E-state index is 15.1. The number of carbonyl (C=O) groups is 2. The Morgan fingerprint density at radius 1 is 1.14 bits per heavy atom. The summed E-state index contributed by atoms with van der Waals surface area (Å²) < 4.78 is 16.9. The average Bonchev–Trinajstić information content (AvgIpc) is 3.70. The molecule has 180 valence electrons. The first-order valence-corrected chi connectivity index (χ1v) is 11.3. The van der Waals surface area contributed by atoms with Crippen LogP contribution in [0.15, 0.2) is 52.8 Å². The highest BCUT2D eigenvalue weighted by atomic mass is 19.1. The number of piperazine rings is 1. The van der Waals surface area contributed by atoms with Crippen LogP contribution >= 0.6 is 0 Å². The number of hydrazone groups is 1. The zero-order valence-electron chi connectivity index (χ0n) is 18.7. The largest absolute Gasteiger partial charge is 0.477 e. The van der Waals surface area contributed by atoms with Crippen LogP contribution < -0.4 is 15.8 Å². The molecule has 2 aliphatic rings. The number of aromatic nitrogens is 2. The molecule has 1 saturated heterocycles. The van der Waals surface area contributed by atoms with Gasteiger partial charge in [0.15, 0.2) is 0 Å². The molecule has 3 aromatic rings. The molecule has 11 heteroatoms. The molecule has 2 aromatic heterocycles. The van der Waals surface area contributed by atoms with E-state index < -0.39 is 17.2 Å². The standard InChI is InChI=1S/C24H23FN6O4/c25-19-11-17-20(31(16-1-2-16)13-18(22(17)32)24(34)35)12-21(19)30-9-7-29(8-10-30)14-27-28-23(33)15-3-5-26-6-4-15/h3-6,11-14,16H,1-2,7-10H2,(H,28,33)(H,34,35). The molecule has 0 atom stereocenters. The van der Waals surface area contributed by atoms with Crippen LogP contribution in [-0.2, 0) is 0 Å². The SMILES string of the molecule is O=C(NN=CN1CCN(c2cc3c(cc2F)c(=O)c(C(=O)O)cn3C2CC2)CC1)c1ccncc1. The van der Waals surface area contributed by atoms with E-state index in [1.165, 1.54) is 18.6 Å². The second-order valence-electron chi connectivity index (χ2n) is 8.58. The lowest BCUT2D eigenvalue weighted by Gasteiger charge is -2.35. The minimum absolute atomic E-state index is 0.0776. The van der Waals surface area contributed by atoms with Gasteiger partial charge in [-0.2, -0.15) is 5.10 Å². The van der Waals surface area contributed by atoms with Crippen LogP contribution in [0, 0.1) is 5.82 Å². The van der Waals surface area contributed by atoms with E-state index >= 15 is 4.39 Å². The van der Waals surface area contributed by atoms with Crippen LogP contribution in [-0.4, -0.2) is 64.0 Å². The monoisotopic (exact) mass is 478 g/mol. The molecule has 0 radical (unpaired) electrons. The van der Waals surface area contributed by atoms with Crippen LogP contribution in [0.5, 0.6) is 0 Å². The molecule has 10 nitrogen and oxygen atoms in total. The number of nitrogens with one attached hydrogen (secondary N) is 1. The lowest BCUT2D eigenvalue weighted by atomic mass is 10.1. The van der Waals surface area contributed by atoms with Crippen molar-refractivity contribution in [1.29, 1.82) is 0 Å². The number of anilines is 1. The third-order valence-corrected chi connectivity index (χ3v) is 6.26. The first kappa shape index (κ1) is 22.5. The first-order chi connectivity index (χ1) is 16.9. The predicted molar refractivity (Wildman–Crippen MR) is 127 cm³/mol. The van der Waals surface area contributed by atoms with Gasteiger partial charge in [-0.05, 0) is 37.1 Å². The van der Waals surface area contributed by atoms with Crippen molar-refractivity contribution in [2.45, 2.75) is 18.9 Å². The number of hydrogen-bond acceptors (Lipinski definition) is 6. The summed E-state index contributed by atoms with van der Waals surface area (Å²) in [5.74, 6) is -2.22. The first-order valence-electron chi connectivity index (χ1n) is 11.3. The summed E-state index contributed by atoms with van der Waals surface area (Å²) in [6.45, 7) is 2.13. The second kappa shape index (κ2) is 9.16. The Morgan fingerprint density at radius 3 is 2.51 bits per heavy atom. The summed E-state index contributed by atoms with van der Waals surface area (Å²) in [5, 5.41) is 13.5. The summed E-state index contributed by atoms with van der Waals surface area (Å²) in [6, 6.07) is 6.10. The van der Waals surface area contributed by atoms with E-state index in [1.807, 2.05) is 9.80 Å². The van der Waals surface area contributed by atoms with Gasteiger partial charge in [0.25, 0.3) is 5.91 Å². The van der Waals surface area contributed by atoms with E-state index in [0.717, 1.165) is 18.9 Å². The molecule has 5 rings (SSSR count). The van der Waals surface area contributed by atoms with Gasteiger partial charge in [0.1, 0.15) is 17.7 Å². The van der Waals surface area contributed by atoms with Crippen LogP contribution in [0.3, 0.4) is 0 Å². The van der Waals surface area contributed by atoms with Crippen LogP contribution in [0.25, 0.3) is 10.9 Å². The van der Waals surface area contributed by atoms with Crippen molar-refractivity contribution >= 4 is 34.8 Å². The van der Waals surface area contributed by atoms with Crippen molar-refractivity contribution in [3.05, 3.63) is 70.0 Å². The molecule has 0 bridgehead atoms. The van der Waals surface area contributed by atoms with Crippen molar-refractivity contribution in [1.82, 2.24) is 19.9 Å². The molecule has 2 N–H and O–H groups in total. The highest BCUT2D eigenvalue weighted by Gasteiger charge is 2.28. The Balaban J connectivity index is 1.31. The number of carbonyl (C=O) groups excluding carboxylic acids is 1. The predicted octanol–water partition coefficient (Wildman–Crippen LogP) is 2.06. The Kier molecular flexibility index (Phi) is 5.89. The third-order valence-electron chi connectivity index (χ3n) is 6.26. The summed E-state index contributed by atoms with van der Waals surface area (Å²) in [6.07, 6.45) is 7.75. The lowest BCUT2D eigenvalue weighted by Crippen LogP contribution is -2.46. The Bertz CT molecular complexity index is 1380. The van der Waals surface area contributed by atoms with Crippen molar-refractivity contribution in [2.24, 2.45) is 5.10 Å². The smallest absolute Gasteiger partial charge is 0.341 e. The topological polar surface area (TPSA) is 120 Å². The number of nitrogens with zero attached hydrogens (tertiary/aromatic N) is 5. The molecule has 1 saturated carbocycles. The van der Waals surface area contributed by atoms with Gasteiger partial charge in [0.2, 0.25) is 5.43 Å². The zero-order chi connectivity index (χ0) is 24.5. The van der Waals surface area contributed by atoms with E-state index in [-0.39, 0.29) is 22.9 Å². The van der Waals surface area contributed by atoms with Crippen molar-refractivity contribution in [3.8, 4) is 0 Å². The van der Waals surface area contributed by atoms with E-state index in [1.54, 1.807) is 29.1 Å². The fourth-order valence-electron chi connectivity index (χ4n) is 4.22. The fourth-order valence-corrected chi connectivity index (χ4v) is 4.22. The number of rotatable bonds is 6. The van der Waals surface area contributed by atoms with E-state index in [2.05, 4.69) is 15.5 Å². The van der Waals surface area contributed by atoms with Crippen molar-refractivity contribution < 1.29 is 19.1 Å². The number of pyridine rings is 2. The van der Waals surface area contributed by atoms with Gasteiger partial charge in [0.05, 0.1) is 11.2 Å². The van der Waals surface area contributed by atoms with Gasteiger partial charge in [-0.25, -0.2) is 14.6 Å². The molecule has 3 heterocycles. The fraction of sp³-hybridized carbons (Fsp3) is 0.292. The van der Waals surface area contributed by atoms with Gasteiger partial charge in [0, 0.05) is 61.8 Å². The molecule has 0 spiro atoms. The number of aromatic carboxylic acids is 1. The molecule has 1 amide bonds. The minimum atomic E-state index is -1.31. The van der Waals surface area contributed by atoms with Gasteiger partial charge in [-0.15, -0.1) is 0 Å². The Morgan fingerprint density at radius 2 is 1.86 bits per heavy atom. The van der Waals surface area contributed by atoms with Crippen LogP contribution in [0.2, 0.25) is 0 Å². The number of fused-ring (bicyclic) bond motifs is 1. The summed E-state index contributed by atoms with van der Waals surface area (Å²) in [7, 11) is 0. The second-order valence-corrected chi connectivity index (χ2v) is 8.58. The molecule has 1 aromatic carbocycles.